The zero-order valence-electron chi connectivity index (χ0n) is 16.2. The van der Waals surface area contributed by atoms with E-state index in [0.29, 0.717) is 17.9 Å². The van der Waals surface area contributed by atoms with E-state index in [1.165, 1.54) is 0 Å². The van der Waals surface area contributed by atoms with Crippen LogP contribution in [0.1, 0.15) is 56.7 Å². The molecule has 4 aromatic rings. The number of aromatic amines is 1. The van der Waals surface area contributed by atoms with Gasteiger partial charge in [0.2, 0.25) is 0 Å². The number of H-pyrrole nitrogens is 1. The smallest absolute Gasteiger partial charge is 0.274 e. The summed E-state index contributed by atoms with van der Waals surface area (Å²) in [4.78, 5) is 17.5. The highest BCUT2D eigenvalue weighted by molar-refractivity contribution is 7.18. The van der Waals surface area contributed by atoms with Gasteiger partial charge in [-0.15, -0.1) is 11.3 Å². The normalized spacial score (nSPS) is 12.4. The predicted octanol–water partition coefficient (Wildman–Crippen LogP) is 4.01. The van der Waals surface area contributed by atoms with Crippen LogP contribution in [0, 0.1) is 20.8 Å². The van der Waals surface area contributed by atoms with Gasteiger partial charge in [-0.3, -0.25) is 9.89 Å². The van der Waals surface area contributed by atoms with E-state index in [-0.39, 0.29) is 11.9 Å². The minimum Gasteiger partial charge on any atom is -0.361 e. The van der Waals surface area contributed by atoms with Crippen LogP contribution in [0.3, 0.4) is 0 Å². The molecular weight excluding hydrogens is 374 g/mol. The zero-order valence-corrected chi connectivity index (χ0v) is 17.0. The van der Waals surface area contributed by atoms with E-state index >= 15 is 0 Å². The van der Waals surface area contributed by atoms with Crippen molar-refractivity contribution in [2.24, 2.45) is 0 Å². The molecule has 4 rings (SSSR count). The number of carbonyl (C=O) groups excluding carboxylic acids is 1. The van der Waals surface area contributed by atoms with Crippen molar-refractivity contribution in [2.75, 3.05) is 0 Å². The molecule has 1 aromatic carbocycles. The van der Waals surface area contributed by atoms with Crippen molar-refractivity contribution in [1.82, 2.24) is 25.7 Å². The fourth-order valence-electron chi connectivity index (χ4n) is 3.19. The number of fused-ring (bicyclic) bond motifs is 1. The summed E-state index contributed by atoms with van der Waals surface area (Å²) in [6.45, 7) is 7.65. The largest absolute Gasteiger partial charge is 0.361 e. The highest BCUT2D eigenvalue weighted by Crippen LogP contribution is 2.27. The van der Waals surface area contributed by atoms with Crippen LogP contribution in [0.4, 0.5) is 0 Å². The van der Waals surface area contributed by atoms with Crippen molar-refractivity contribution in [1.29, 1.82) is 0 Å². The molecule has 0 radical (unpaired) electrons. The molecule has 0 bridgehead atoms. The fourth-order valence-corrected chi connectivity index (χ4v) is 4.16. The summed E-state index contributed by atoms with van der Waals surface area (Å²) in [5, 5.41) is 15.1. The van der Waals surface area contributed by atoms with Crippen LogP contribution in [0.15, 0.2) is 28.8 Å². The first-order valence-electron chi connectivity index (χ1n) is 9.06. The Kier molecular flexibility index (Phi) is 4.72. The van der Waals surface area contributed by atoms with Crippen LogP contribution in [-0.4, -0.2) is 26.2 Å². The first kappa shape index (κ1) is 18.4. The highest BCUT2D eigenvalue weighted by Gasteiger charge is 2.24. The molecule has 144 valence electrons. The van der Waals surface area contributed by atoms with Crippen molar-refractivity contribution < 1.29 is 9.32 Å². The van der Waals surface area contributed by atoms with Gasteiger partial charge in [-0.2, -0.15) is 5.10 Å². The van der Waals surface area contributed by atoms with Crippen molar-refractivity contribution in [3.05, 3.63) is 63.2 Å². The first-order valence-corrected chi connectivity index (χ1v) is 9.87. The molecule has 0 saturated carbocycles. The Morgan fingerprint density at radius 3 is 2.75 bits per heavy atom. The molecule has 0 fully saturated rings. The molecule has 1 atom stereocenters. The summed E-state index contributed by atoms with van der Waals surface area (Å²) in [6.07, 6.45) is 0.543. The fraction of sp³-hybridized carbons (Fsp3) is 0.300. The molecule has 0 aliphatic heterocycles. The molecule has 3 aromatic heterocycles. The van der Waals surface area contributed by atoms with Gasteiger partial charge < -0.3 is 9.84 Å². The van der Waals surface area contributed by atoms with E-state index in [4.69, 9.17) is 4.52 Å². The first-order chi connectivity index (χ1) is 13.4. The van der Waals surface area contributed by atoms with E-state index in [2.05, 4.69) is 25.7 Å². The van der Waals surface area contributed by atoms with Crippen LogP contribution in [0.2, 0.25) is 0 Å². The summed E-state index contributed by atoms with van der Waals surface area (Å²) < 4.78 is 6.43. The lowest BCUT2D eigenvalue weighted by molar-refractivity contribution is 0.0930. The van der Waals surface area contributed by atoms with Crippen molar-refractivity contribution in [3.63, 3.8) is 0 Å². The van der Waals surface area contributed by atoms with Gasteiger partial charge in [-0.25, -0.2) is 4.98 Å². The zero-order chi connectivity index (χ0) is 19.8. The van der Waals surface area contributed by atoms with Crippen LogP contribution in [0.25, 0.3) is 10.2 Å². The molecule has 1 amide bonds. The lowest BCUT2D eigenvalue weighted by atomic mass is 10.0. The molecule has 0 unspecified atom stereocenters. The van der Waals surface area contributed by atoms with Gasteiger partial charge in [-0.05, 0) is 39.8 Å². The van der Waals surface area contributed by atoms with E-state index in [9.17, 15) is 4.79 Å². The lowest BCUT2D eigenvalue weighted by Gasteiger charge is -2.10. The number of thiazole rings is 1. The summed E-state index contributed by atoms with van der Waals surface area (Å²) in [6, 6.07) is 7.71. The Labute approximate surface area is 166 Å². The number of benzene rings is 1. The number of nitrogens with one attached hydrogen (secondary N) is 2. The minimum absolute atomic E-state index is 0.229. The third-order valence-corrected chi connectivity index (χ3v) is 6.08. The maximum absolute atomic E-state index is 12.9. The maximum atomic E-state index is 12.9. The molecule has 2 N–H and O–H groups in total. The van der Waals surface area contributed by atoms with Crippen LogP contribution >= 0.6 is 11.3 Å². The van der Waals surface area contributed by atoms with Crippen LogP contribution in [-0.2, 0) is 6.42 Å². The lowest BCUT2D eigenvalue weighted by Crippen LogP contribution is -2.27. The average molecular weight is 395 g/mol. The molecule has 7 nitrogen and oxygen atoms in total. The van der Waals surface area contributed by atoms with Crippen LogP contribution < -0.4 is 5.32 Å². The number of aryl methyl sites for hydroxylation is 3. The standard InChI is InChI=1S/C20H21N5O2S/c1-10-14(11(2)24-23-10)9-15-13(4)27-25-18(15)19(26)21-12(3)20-22-16-7-5-6-8-17(16)28-20/h5-8,12H,9H2,1-4H3,(H,21,26)(H,23,24)/t12-/m0/s1. The summed E-state index contributed by atoms with van der Waals surface area (Å²) in [5.74, 6) is 0.371. The summed E-state index contributed by atoms with van der Waals surface area (Å²) in [5.41, 5.74) is 4.97. The summed E-state index contributed by atoms with van der Waals surface area (Å²) >= 11 is 1.58. The minimum atomic E-state index is -0.266. The SMILES string of the molecule is Cc1n[nH]c(C)c1Cc1c(C(=O)N[C@@H](C)c2nc3ccccc3s2)noc1C. The second-order valence-corrected chi connectivity index (χ2v) is 7.93. The van der Waals surface area contributed by atoms with Crippen LogP contribution in [0.5, 0.6) is 0 Å². The van der Waals surface area contributed by atoms with E-state index in [1.54, 1.807) is 11.3 Å². The number of amides is 1. The number of aromatic nitrogens is 4. The molecule has 0 spiro atoms. The van der Waals surface area contributed by atoms with Gasteiger partial charge in [-0.1, -0.05) is 17.3 Å². The molecule has 3 heterocycles. The molecule has 8 heteroatoms. The molecule has 0 aliphatic rings. The van der Waals surface area contributed by atoms with Gasteiger partial charge >= 0.3 is 0 Å². The Hall–Kier alpha value is -3.00. The average Bonchev–Trinajstić information content (AvgIpc) is 3.35. The topological polar surface area (TPSA) is 96.7 Å². The number of hydrogen-bond donors (Lipinski definition) is 2. The molecule has 28 heavy (non-hydrogen) atoms. The maximum Gasteiger partial charge on any atom is 0.274 e. The van der Waals surface area contributed by atoms with Gasteiger partial charge in [0, 0.05) is 23.2 Å². The highest BCUT2D eigenvalue weighted by atomic mass is 32.1. The quantitative estimate of drug-likeness (QED) is 0.532. The second kappa shape index (κ2) is 7.20. The Balaban J connectivity index is 1.56. The third-order valence-electron chi connectivity index (χ3n) is 4.86. The van der Waals surface area contributed by atoms with Crippen molar-refractivity contribution >= 4 is 27.5 Å². The van der Waals surface area contributed by atoms with Gasteiger partial charge in [0.25, 0.3) is 5.91 Å². The third kappa shape index (κ3) is 3.31. The van der Waals surface area contributed by atoms with Crippen molar-refractivity contribution in [2.45, 2.75) is 40.2 Å². The monoisotopic (exact) mass is 395 g/mol. The number of carbonyl (C=O) groups is 1. The number of hydrogen-bond acceptors (Lipinski definition) is 6. The Morgan fingerprint density at radius 1 is 1.25 bits per heavy atom. The number of nitrogens with zero attached hydrogens (tertiary/aromatic N) is 3. The summed E-state index contributed by atoms with van der Waals surface area (Å²) in [7, 11) is 0. The Bertz CT molecular complexity index is 1100. The van der Waals surface area contributed by atoms with E-state index in [1.807, 2.05) is 52.0 Å². The van der Waals surface area contributed by atoms with Gasteiger partial charge in [0.1, 0.15) is 10.8 Å². The van der Waals surface area contributed by atoms with Crippen molar-refractivity contribution in [3.8, 4) is 0 Å². The molecular formula is C20H21N5O2S. The molecule has 0 aliphatic carbocycles. The van der Waals surface area contributed by atoms with Gasteiger partial charge in [0.05, 0.1) is 22.0 Å². The second-order valence-electron chi connectivity index (χ2n) is 6.87. The predicted molar refractivity (Wildman–Crippen MR) is 108 cm³/mol. The van der Waals surface area contributed by atoms with Gasteiger partial charge in [0.15, 0.2) is 5.69 Å². The van der Waals surface area contributed by atoms with E-state index in [0.717, 1.165) is 37.7 Å². The van der Waals surface area contributed by atoms with E-state index < -0.39 is 0 Å². The number of para-hydroxylation sites is 1. The Morgan fingerprint density at radius 2 is 2.04 bits per heavy atom. The number of rotatable bonds is 5. The molecule has 0 saturated heterocycles.